The molecular formula is C9H15NO. The Kier molecular flexibility index (Phi) is 1.63. The van der Waals surface area contributed by atoms with Crippen LogP contribution >= 0.6 is 0 Å². The number of fused-ring (bicyclic) bond motifs is 2. The quantitative estimate of drug-likeness (QED) is 0.604. The number of carbonyl (C=O) groups excluding carboxylic acids is 1. The molecule has 2 aliphatic carbocycles. The lowest BCUT2D eigenvalue weighted by atomic mass is 9.95. The third-order valence-corrected chi connectivity index (χ3v) is 3.13. The highest BCUT2D eigenvalue weighted by Gasteiger charge is 2.39. The zero-order chi connectivity index (χ0) is 7.84. The summed E-state index contributed by atoms with van der Waals surface area (Å²) in [6.07, 6.45) is 5.35. The standard InChI is InChI=1S/C9H15NO/c1-6(11)10-9-5-7-2-3-8(9)4-7/h7-9H,2-5H2,1H3,(H,10,11)/t7-,8-,9+/m1/s1. The summed E-state index contributed by atoms with van der Waals surface area (Å²) in [5.74, 6) is 1.88. The molecule has 2 bridgehead atoms. The van der Waals surface area contributed by atoms with Gasteiger partial charge in [0.1, 0.15) is 0 Å². The van der Waals surface area contributed by atoms with E-state index in [0.717, 1.165) is 11.8 Å². The van der Waals surface area contributed by atoms with Gasteiger partial charge in [0.05, 0.1) is 0 Å². The van der Waals surface area contributed by atoms with Gasteiger partial charge in [-0.15, -0.1) is 0 Å². The lowest BCUT2D eigenvalue weighted by Gasteiger charge is -2.21. The van der Waals surface area contributed by atoms with Gasteiger partial charge in [0.2, 0.25) is 5.91 Å². The maximum Gasteiger partial charge on any atom is 0.217 e. The molecule has 0 spiro atoms. The minimum absolute atomic E-state index is 0.141. The van der Waals surface area contributed by atoms with Crippen molar-refractivity contribution < 1.29 is 4.79 Å². The lowest BCUT2D eigenvalue weighted by Crippen LogP contribution is -2.36. The van der Waals surface area contributed by atoms with Crippen molar-refractivity contribution in [3.05, 3.63) is 0 Å². The van der Waals surface area contributed by atoms with Crippen LogP contribution in [0.1, 0.15) is 32.6 Å². The van der Waals surface area contributed by atoms with Gasteiger partial charge in [0.15, 0.2) is 0 Å². The Morgan fingerprint density at radius 1 is 1.36 bits per heavy atom. The highest BCUT2D eigenvalue weighted by Crippen LogP contribution is 2.44. The second kappa shape index (κ2) is 2.50. The first kappa shape index (κ1) is 7.14. The van der Waals surface area contributed by atoms with E-state index in [1.165, 1.54) is 25.7 Å². The van der Waals surface area contributed by atoms with Crippen LogP contribution in [0.15, 0.2) is 0 Å². The van der Waals surface area contributed by atoms with Crippen molar-refractivity contribution in [2.75, 3.05) is 0 Å². The van der Waals surface area contributed by atoms with E-state index in [1.807, 2.05) is 0 Å². The third-order valence-electron chi connectivity index (χ3n) is 3.13. The van der Waals surface area contributed by atoms with Gasteiger partial charge < -0.3 is 5.32 Å². The minimum atomic E-state index is 0.141. The summed E-state index contributed by atoms with van der Waals surface area (Å²) in [6.45, 7) is 1.62. The van der Waals surface area contributed by atoms with Crippen LogP contribution in [0.2, 0.25) is 0 Å². The maximum absolute atomic E-state index is 10.8. The monoisotopic (exact) mass is 153 g/mol. The molecule has 0 saturated heterocycles. The first-order valence-electron chi connectivity index (χ1n) is 4.53. The molecule has 2 fully saturated rings. The molecule has 62 valence electrons. The number of hydrogen-bond acceptors (Lipinski definition) is 1. The largest absolute Gasteiger partial charge is 0.353 e. The smallest absolute Gasteiger partial charge is 0.217 e. The van der Waals surface area contributed by atoms with Crippen molar-refractivity contribution in [1.82, 2.24) is 5.32 Å². The topological polar surface area (TPSA) is 29.1 Å². The van der Waals surface area contributed by atoms with Crippen molar-refractivity contribution in [1.29, 1.82) is 0 Å². The second-order valence-electron chi connectivity index (χ2n) is 3.98. The zero-order valence-electron chi connectivity index (χ0n) is 6.97. The van der Waals surface area contributed by atoms with Crippen LogP contribution in [0.4, 0.5) is 0 Å². The Bertz CT molecular complexity index is 178. The Hall–Kier alpha value is -0.530. The van der Waals surface area contributed by atoms with Crippen molar-refractivity contribution in [2.45, 2.75) is 38.6 Å². The Balaban J connectivity index is 1.92. The van der Waals surface area contributed by atoms with Gasteiger partial charge >= 0.3 is 0 Å². The number of amides is 1. The summed E-state index contributed by atoms with van der Waals surface area (Å²) < 4.78 is 0. The van der Waals surface area contributed by atoms with Gasteiger partial charge in [-0.05, 0) is 31.1 Å². The normalized spacial score (nSPS) is 41.0. The molecule has 0 aromatic carbocycles. The fraction of sp³-hybridized carbons (Fsp3) is 0.889. The second-order valence-corrected chi connectivity index (χ2v) is 3.98. The molecule has 2 saturated carbocycles. The first-order chi connectivity index (χ1) is 5.25. The summed E-state index contributed by atoms with van der Waals surface area (Å²) in [7, 11) is 0. The van der Waals surface area contributed by atoms with E-state index in [1.54, 1.807) is 6.92 Å². The Labute approximate surface area is 67.4 Å². The Morgan fingerprint density at radius 3 is 2.64 bits per heavy atom. The molecule has 2 aliphatic rings. The molecule has 0 aromatic rings. The molecule has 0 aromatic heterocycles. The predicted octanol–water partition coefficient (Wildman–Crippen LogP) is 1.31. The van der Waals surface area contributed by atoms with Crippen LogP contribution in [-0.2, 0) is 4.79 Å². The van der Waals surface area contributed by atoms with Crippen molar-refractivity contribution in [2.24, 2.45) is 11.8 Å². The van der Waals surface area contributed by atoms with E-state index in [4.69, 9.17) is 0 Å². The molecule has 11 heavy (non-hydrogen) atoms. The van der Waals surface area contributed by atoms with Gasteiger partial charge in [0.25, 0.3) is 0 Å². The van der Waals surface area contributed by atoms with E-state index < -0.39 is 0 Å². The van der Waals surface area contributed by atoms with Crippen LogP contribution < -0.4 is 5.32 Å². The molecule has 0 aliphatic heterocycles. The zero-order valence-corrected chi connectivity index (χ0v) is 6.97. The minimum Gasteiger partial charge on any atom is -0.353 e. The molecule has 1 N–H and O–H groups in total. The van der Waals surface area contributed by atoms with Crippen molar-refractivity contribution >= 4 is 5.91 Å². The van der Waals surface area contributed by atoms with Gasteiger partial charge in [-0.3, -0.25) is 4.79 Å². The van der Waals surface area contributed by atoms with Gasteiger partial charge in [-0.1, -0.05) is 6.42 Å². The molecule has 0 radical (unpaired) electrons. The Morgan fingerprint density at radius 2 is 2.18 bits per heavy atom. The molecular weight excluding hydrogens is 138 g/mol. The van der Waals surface area contributed by atoms with Crippen LogP contribution in [0.25, 0.3) is 0 Å². The summed E-state index contributed by atoms with van der Waals surface area (Å²) in [6, 6.07) is 0.520. The van der Waals surface area contributed by atoms with Gasteiger partial charge in [-0.2, -0.15) is 0 Å². The van der Waals surface area contributed by atoms with E-state index in [9.17, 15) is 4.79 Å². The van der Waals surface area contributed by atoms with Crippen LogP contribution in [-0.4, -0.2) is 11.9 Å². The summed E-state index contributed by atoms with van der Waals surface area (Å²) in [5.41, 5.74) is 0. The van der Waals surface area contributed by atoms with Crippen molar-refractivity contribution in [3.8, 4) is 0 Å². The fourth-order valence-corrected chi connectivity index (χ4v) is 2.68. The number of carbonyl (C=O) groups is 1. The third kappa shape index (κ3) is 1.26. The van der Waals surface area contributed by atoms with E-state index in [-0.39, 0.29) is 5.91 Å². The summed E-state index contributed by atoms with van der Waals surface area (Å²) in [5, 5.41) is 3.03. The fourth-order valence-electron chi connectivity index (χ4n) is 2.68. The van der Waals surface area contributed by atoms with E-state index >= 15 is 0 Å². The average molecular weight is 153 g/mol. The maximum atomic E-state index is 10.8. The molecule has 2 heteroatoms. The van der Waals surface area contributed by atoms with Crippen LogP contribution in [0, 0.1) is 11.8 Å². The highest BCUT2D eigenvalue weighted by molar-refractivity contribution is 5.73. The summed E-state index contributed by atoms with van der Waals surface area (Å²) >= 11 is 0. The van der Waals surface area contributed by atoms with Crippen LogP contribution in [0.3, 0.4) is 0 Å². The molecule has 2 rings (SSSR count). The van der Waals surface area contributed by atoms with Gasteiger partial charge in [0, 0.05) is 13.0 Å². The van der Waals surface area contributed by atoms with E-state index in [0.29, 0.717) is 6.04 Å². The highest BCUT2D eigenvalue weighted by atomic mass is 16.1. The molecule has 0 heterocycles. The molecule has 2 nitrogen and oxygen atoms in total. The molecule has 0 unspecified atom stereocenters. The van der Waals surface area contributed by atoms with Crippen LogP contribution in [0.5, 0.6) is 0 Å². The lowest BCUT2D eigenvalue weighted by molar-refractivity contribution is -0.120. The molecule has 1 amide bonds. The predicted molar refractivity (Wildman–Crippen MR) is 43.1 cm³/mol. The number of hydrogen-bond donors (Lipinski definition) is 1. The number of nitrogens with one attached hydrogen (secondary N) is 1. The molecule has 3 atom stereocenters. The summed E-state index contributed by atoms with van der Waals surface area (Å²) in [4.78, 5) is 10.8. The van der Waals surface area contributed by atoms with Gasteiger partial charge in [-0.25, -0.2) is 0 Å². The first-order valence-corrected chi connectivity index (χ1v) is 4.53. The SMILES string of the molecule is CC(=O)N[C@H]1C[C@@H]2CC[C@@H]1C2. The number of rotatable bonds is 1. The average Bonchev–Trinajstić information content (AvgIpc) is 2.45. The van der Waals surface area contributed by atoms with E-state index in [2.05, 4.69) is 5.32 Å². The van der Waals surface area contributed by atoms with Crippen molar-refractivity contribution in [3.63, 3.8) is 0 Å².